The van der Waals surface area contributed by atoms with E-state index in [4.69, 9.17) is 21.1 Å². The normalized spacial score (nSPS) is 11.8. The van der Waals surface area contributed by atoms with E-state index >= 15 is 0 Å². The molecule has 2 aromatic carbocycles. The van der Waals surface area contributed by atoms with Crippen LogP contribution in [0.2, 0.25) is 5.02 Å². The number of hydrogen-bond acceptors (Lipinski definition) is 3. The van der Waals surface area contributed by atoms with Gasteiger partial charge in [-0.1, -0.05) is 35.9 Å². The number of ether oxygens (including phenoxy) is 2. The van der Waals surface area contributed by atoms with Crippen LogP contribution in [0.4, 0.5) is 0 Å². The third kappa shape index (κ3) is 3.52. The summed E-state index contributed by atoms with van der Waals surface area (Å²) in [6.45, 7) is 0. The number of carbonyl (C=O) groups is 1. The molecule has 0 heterocycles. The van der Waals surface area contributed by atoms with Crippen molar-refractivity contribution >= 4 is 17.6 Å². The molecule has 0 aromatic heterocycles. The van der Waals surface area contributed by atoms with Crippen molar-refractivity contribution < 1.29 is 19.4 Å². The molecule has 0 saturated carbocycles. The Balaban J connectivity index is 2.36. The molecule has 0 spiro atoms. The molecule has 22 heavy (non-hydrogen) atoms. The molecule has 4 nitrogen and oxygen atoms in total. The maximum Gasteiger partial charge on any atom is 0.311 e. The molecule has 0 amide bonds. The zero-order valence-corrected chi connectivity index (χ0v) is 13.1. The number of carboxylic acid groups (broad SMARTS) is 1. The topological polar surface area (TPSA) is 55.8 Å². The number of hydrogen-bond donors (Lipinski definition) is 1. The summed E-state index contributed by atoms with van der Waals surface area (Å²) in [6, 6.07) is 12.4. The molecular formula is C17H17ClO4. The van der Waals surface area contributed by atoms with Crippen molar-refractivity contribution in [3.05, 3.63) is 58.6 Å². The Morgan fingerprint density at radius 1 is 1.14 bits per heavy atom. The fourth-order valence-electron chi connectivity index (χ4n) is 2.30. The zero-order chi connectivity index (χ0) is 16.1. The van der Waals surface area contributed by atoms with E-state index < -0.39 is 11.9 Å². The Morgan fingerprint density at radius 2 is 1.82 bits per heavy atom. The van der Waals surface area contributed by atoms with Crippen molar-refractivity contribution in [1.82, 2.24) is 0 Å². The van der Waals surface area contributed by atoms with E-state index in [9.17, 15) is 9.90 Å². The lowest BCUT2D eigenvalue weighted by Crippen LogP contribution is -2.15. The third-order valence-electron chi connectivity index (χ3n) is 3.49. The summed E-state index contributed by atoms with van der Waals surface area (Å²) >= 11 is 6.13. The molecule has 1 N–H and O–H groups in total. The van der Waals surface area contributed by atoms with Crippen LogP contribution in [-0.4, -0.2) is 25.3 Å². The second-order valence-electron chi connectivity index (χ2n) is 4.80. The van der Waals surface area contributed by atoms with Gasteiger partial charge in [0.25, 0.3) is 0 Å². The Hall–Kier alpha value is -2.20. The van der Waals surface area contributed by atoms with E-state index in [1.165, 1.54) is 14.2 Å². The maximum absolute atomic E-state index is 11.7. The Morgan fingerprint density at radius 3 is 2.41 bits per heavy atom. The molecule has 0 saturated heterocycles. The molecule has 5 heteroatoms. The average molecular weight is 321 g/mol. The highest BCUT2D eigenvalue weighted by Gasteiger charge is 2.22. The molecule has 0 fully saturated rings. The lowest BCUT2D eigenvalue weighted by atomic mass is 9.92. The molecule has 2 aromatic rings. The quantitative estimate of drug-likeness (QED) is 0.880. The molecular weight excluding hydrogens is 304 g/mol. The van der Waals surface area contributed by atoms with E-state index in [0.717, 1.165) is 5.56 Å². The van der Waals surface area contributed by atoms with E-state index in [0.29, 0.717) is 28.5 Å². The van der Waals surface area contributed by atoms with Gasteiger partial charge in [0.15, 0.2) is 11.5 Å². The predicted octanol–water partition coefficient (Wildman–Crippen LogP) is 3.77. The second-order valence-corrected chi connectivity index (χ2v) is 5.21. The predicted molar refractivity (Wildman–Crippen MR) is 85.1 cm³/mol. The first-order valence-electron chi connectivity index (χ1n) is 6.75. The van der Waals surface area contributed by atoms with Gasteiger partial charge in [0, 0.05) is 5.02 Å². The number of carboxylic acids is 1. The monoisotopic (exact) mass is 320 g/mol. The van der Waals surface area contributed by atoms with Crippen LogP contribution in [0.1, 0.15) is 17.0 Å². The molecule has 1 unspecified atom stereocenters. The van der Waals surface area contributed by atoms with Crippen LogP contribution in [-0.2, 0) is 11.2 Å². The van der Waals surface area contributed by atoms with Gasteiger partial charge in [-0.15, -0.1) is 0 Å². The minimum absolute atomic E-state index is 0.310. The molecule has 2 rings (SSSR count). The van der Waals surface area contributed by atoms with Gasteiger partial charge in [0.2, 0.25) is 0 Å². The summed E-state index contributed by atoms with van der Waals surface area (Å²) in [6.07, 6.45) is 0.310. The van der Waals surface area contributed by atoms with Crippen LogP contribution in [0.15, 0.2) is 42.5 Å². The highest BCUT2D eigenvalue weighted by molar-refractivity contribution is 6.31. The second kappa shape index (κ2) is 7.18. The van der Waals surface area contributed by atoms with Crippen LogP contribution in [0.5, 0.6) is 11.5 Å². The lowest BCUT2D eigenvalue weighted by Gasteiger charge is -2.16. The highest BCUT2D eigenvalue weighted by Crippen LogP contribution is 2.33. The van der Waals surface area contributed by atoms with Crippen molar-refractivity contribution in [2.24, 2.45) is 0 Å². The van der Waals surface area contributed by atoms with Crippen LogP contribution in [0, 0.1) is 0 Å². The molecule has 0 bridgehead atoms. The Kier molecular flexibility index (Phi) is 5.28. The largest absolute Gasteiger partial charge is 0.493 e. The van der Waals surface area contributed by atoms with Crippen molar-refractivity contribution in [3.63, 3.8) is 0 Å². The lowest BCUT2D eigenvalue weighted by molar-refractivity contribution is -0.138. The fraction of sp³-hybridized carbons (Fsp3) is 0.235. The number of methoxy groups -OCH3 is 2. The van der Waals surface area contributed by atoms with E-state index in [1.54, 1.807) is 24.3 Å². The fourth-order valence-corrected chi connectivity index (χ4v) is 2.51. The molecule has 1 atom stereocenters. The first-order valence-corrected chi connectivity index (χ1v) is 7.12. The van der Waals surface area contributed by atoms with Gasteiger partial charge in [0.1, 0.15) is 0 Å². The summed E-state index contributed by atoms with van der Waals surface area (Å²) in [4.78, 5) is 11.7. The van der Waals surface area contributed by atoms with E-state index in [-0.39, 0.29) is 0 Å². The van der Waals surface area contributed by atoms with Crippen LogP contribution < -0.4 is 9.47 Å². The molecule has 116 valence electrons. The molecule has 0 radical (unpaired) electrons. The number of benzene rings is 2. The van der Waals surface area contributed by atoms with E-state index in [2.05, 4.69) is 0 Å². The summed E-state index contributed by atoms with van der Waals surface area (Å²) < 4.78 is 10.4. The van der Waals surface area contributed by atoms with Crippen LogP contribution >= 0.6 is 11.6 Å². The Labute approximate surface area is 134 Å². The first-order chi connectivity index (χ1) is 10.6. The third-order valence-corrected chi connectivity index (χ3v) is 3.86. The highest BCUT2D eigenvalue weighted by atomic mass is 35.5. The number of rotatable bonds is 6. The smallest absolute Gasteiger partial charge is 0.311 e. The molecule has 0 aliphatic rings. The summed E-state index contributed by atoms with van der Waals surface area (Å²) in [7, 11) is 3.06. The minimum Gasteiger partial charge on any atom is -0.493 e. The Bertz CT molecular complexity index is 669. The number of halogens is 1. The first kappa shape index (κ1) is 16.2. The van der Waals surface area contributed by atoms with E-state index in [1.807, 2.05) is 18.2 Å². The van der Waals surface area contributed by atoms with Crippen molar-refractivity contribution in [2.75, 3.05) is 14.2 Å². The standard InChI is InChI=1S/C17H17ClO4/c1-21-15-8-7-11(10-16(15)22-2)13(17(19)20)9-12-5-3-4-6-14(12)18/h3-8,10,13H,9H2,1-2H3,(H,19,20). The van der Waals surface area contributed by atoms with Crippen LogP contribution in [0.25, 0.3) is 0 Å². The van der Waals surface area contributed by atoms with Gasteiger partial charge in [-0.05, 0) is 35.7 Å². The average Bonchev–Trinajstić information content (AvgIpc) is 2.53. The molecule has 0 aliphatic carbocycles. The van der Waals surface area contributed by atoms with Gasteiger partial charge in [-0.25, -0.2) is 0 Å². The van der Waals surface area contributed by atoms with Crippen LogP contribution in [0.3, 0.4) is 0 Å². The van der Waals surface area contributed by atoms with Crippen molar-refractivity contribution in [1.29, 1.82) is 0 Å². The summed E-state index contributed by atoms with van der Waals surface area (Å²) in [5.74, 6) is -0.551. The summed E-state index contributed by atoms with van der Waals surface area (Å²) in [5, 5.41) is 10.1. The zero-order valence-electron chi connectivity index (χ0n) is 12.4. The molecule has 0 aliphatic heterocycles. The van der Waals surface area contributed by atoms with Crippen molar-refractivity contribution in [3.8, 4) is 11.5 Å². The van der Waals surface area contributed by atoms with Gasteiger partial charge in [-0.3, -0.25) is 4.79 Å². The van der Waals surface area contributed by atoms with Gasteiger partial charge in [0.05, 0.1) is 20.1 Å². The van der Waals surface area contributed by atoms with Gasteiger partial charge < -0.3 is 14.6 Å². The minimum atomic E-state index is -0.910. The maximum atomic E-state index is 11.7. The van der Waals surface area contributed by atoms with Crippen molar-refractivity contribution in [2.45, 2.75) is 12.3 Å². The van der Waals surface area contributed by atoms with Gasteiger partial charge in [-0.2, -0.15) is 0 Å². The SMILES string of the molecule is COc1ccc(C(Cc2ccccc2Cl)C(=O)O)cc1OC. The van der Waals surface area contributed by atoms with Gasteiger partial charge >= 0.3 is 5.97 Å². The number of aliphatic carboxylic acids is 1. The summed E-state index contributed by atoms with van der Waals surface area (Å²) in [5.41, 5.74) is 1.44.